The molecule has 5 heteroatoms. The van der Waals surface area contributed by atoms with E-state index < -0.39 is 0 Å². The van der Waals surface area contributed by atoms with Gasteiger partial charge in [-0.1, -0.05) is 40.2 Å². The van der Waals surface area contributed by atoms with Crippen LogP contribution in [-0.4, -0.2) is 30.9 Å². The van der Waals surface area contributed by atoms with Gasteiger partial charge in [0.05, 0.1) is 12.7 Å². The predicted molar refractivity (Wildman–Crippen MR) is 97.4 cm³/mol. The van der Waals surface area contributed by atoms with E-state index in [0.717, 1.165) is 15.6 Å². The number of esters is 1. The lowest BCUT2D eigenvalue weighted by molar-refractivity contribution is -0.125. The second-order valence-electron chi connectivity index (χ2n) is 5.27. The lowest BCUT2D eigenvalue weighted by atomic mass is 10.1. The summed E-state index contributed by atoms with van der Waals surface area (Å²) in [4.78, 5) is 25.2. The first-order chi connectivity index (χ1) is 11.5. The maximum atomic E-state index is 12.2. The Kier molecular flexibility index (Phi) is 6.32. The minimum atomic E-state index is -0.379. The number of likely N-dealkylation sites (N-methyl/N-ethyl adjacent to an activating group) is 1. The summed E-state index contributed by atoms with van der Waals surface area (Å²) in [5.41, 5.74) is 2.38. The number of hydrogen-bond acceptors (Lipinski definition) is 3. The molecule has 0 aromatic heterocycles. The fourth-order valence-corrected chi connectivity index (χ4v) is 2.35. The van der Waals surface area contributed by atoms with E-state index in [4.69, 9.17) is 0 Å². The molecule has 24 heavy (non-hydrogen) atoms. The molecule has 0 aliphatic carbocycles. The summed E-state index contributed by atoms with van der Waals surface area (Å²) in [6.07, 6.45) is 3.24. The van der Waals surface area contributed by atoms with Crippen molar-refractivity contribution in [2.24, 2.45) is 0 Å². The zero-order chi connectivity index (χ0) is 17.5. The van der Waals surface area contributed by atoms with Crippen LogP contribution >= 0.6 is 15.9 Å². The summed E-state index contributed by atoms with van der Waals surface area (Å²) in [7, 11) is 3.10. The molecule has 4 nitrogen and oxygen atoms in total. The molecule has 0 unspecified atom stereocenters. The molecule has 2 aromatic carbocycles. The lowest BCUT2D eigenvalue weighted by Gasteiger charge is -2.15. The van der Waals surface area contributed by atoms with E-state index in [1.165, 1.54) is 13.2 Å². The van der Waals surface area contributed by atoms with E-state index >= 15 is 0 Å². The standard InChI is InChI=1S/C19H18BrNO3/c1-21(13-15-5-10-17(20)11-6-15)18(22)12-7-14-3-8-16(9-4-14)19(23)24-2/h3-12H,13H2,1-2H3/b12-7+. The highest BCUT2D eigenvalue weighted by atomic mass is 79.9. The van der Waals surface area contributed by atoms with Crippen LogP contribution < -0.4 is 0 Å². The van der Waals surface area contributed by atoms with Crippen molar-refractivity contribution in [3.63, 3.8) is 0 Å². The summed E-state index contributed by atoms with van der Waals surface area (Å²) >= 11 is 3.39. The van der Waals surface area contributed by atoms with Gasteiger partial charge in [-0.05, 0) is 41.5 Å². The maximum absolute atomic E-state index is 12.2. The van der Waals surface area contributed by atoms with E-state index in [1.54, 1.807) is 42.3 Å². The minimum absolute atomic E-state index is 0.0880. The zero-order valence-electron chi connectivity index (χ0n) is 13.5. The normalized spacial score (nSPS) is 10.6. The Labute approximate surface area is 149 Å². The van der Waals surface area contributed by atoms with Gasteiger partial charge in [0.25, 0.3) is 0 Å². The van der Waals surface area contributed by atoms with Gasteiger partial charge in [-0.25, -0.2) is 4.79 Å². The highest BCUT2D eigenvalue weighted by Gasteiger charge is 2.06. The van der Waals surface area contributed by atoms with Crippen LogP contribution in [0.15, 0.2) is 59.1 Å². The number of nitrogens with zero attached hydrogens (tertiary/aromatic N) is 1. The lowest BCUT2D eigenvalue weighted by Crippen LogP contribution is -2.24. The topological polar surface area (TPSA) is 46.6 Å². The van der Waals surface area contributed by atoms with Crippen LogP contribution in [0.2, 0.25) is 0 Å². The maximum Gasteiger partial charge on any atom is 0.337 e. The number of ether oxygens (including phenoxy) is 1. The monoisotopic (exact) mass is 387 g/mol. The van der Waals surface area contributed by atoms with Gasteiger partial charge in [0.2, 0.25) is 5.91 Å². The summed E-state index contributed by atoms with van der Waals surface area (Å²) in [6, 6.07) is 14.7. The van der Waals surface area contributed by atoms with Crippen LogP contribution in [0.4, 0.5) is 0 Å². The third-order valence-corrected chi connectivity index (χ3v) is 3.99. The minimum Gasteiger partial charge on any atom is -0.465 e. The molecule has 0 saturated carbocycles. The number of carbonyl (C=O) groups excluding carboxylic acids is 2. The van der Waals surface area contributed by atoms with Gasteiger partial charge in [0.15, 0.2) is 0 Å². The number of methoxy groups -OCH3 is 1. The molecule has 0 heterocycles. The SMILES string of the molecule is COC(=O)c1ccc(/C=C/C(=O)N(C)Cc2ccc(Br)cc2)cc1. The average molecular weight is 388 g/mol. The Bertz CT molecular complexity index is 736. The molecule has 0 aliphatic rings. The highest BCUT2D eigenvalue weighted by molar-refractivity contribution is 9.10. The Balaban J connectivity index is 1.96. The quantitative estimate of drug-likeness (QED) is 0.577. The van der Waals surface area contributed by atoms with Gasteiger partial charge in [-0.2, -0.15) is 0 Å². The highest BCUT2D eigenvalue weighted by Crippen LogP contribution is 2.12. The fraction of sp³-hybridized carbons (Fsp3) is 0.158. The number of hydrogen-bond donors (Lipinski definition) is 0. The molecule has 1 amide bonds. The van der Waals surface area contributed by atoms with Crippen molar-refractivity contribution in [2.45, 2.75) is 6.54 Å². The van der Waals surface area contributed by atoms with Crippen molar-refractivity contribution in [3.8, 4) is 0 Å². The fourth-order valence-electron chi connectivity index (χ4n) is 2.08. The molecular weight excluding hydrogens is 370 g/mol. The molecule has 0 bridgehead atoms. The summed E-state index contributed by atoms with van der Waals surface area (Å²) < 4.78 is 5.66. The van der Waals surface area contributed by atoms with Gasteiger partial charge in [0, 0.05) is 24.1 Å². The molecular formula is C19H18BrNO3. The van der Waals surface area contributed by atoms with Crippen molar-refractivity contribution < 1.29 is 14.3 Å². The van der Waals surface area contributed by atoms with Crippen molar-refractivity contribution >= 4 is 33.9 Å². The number of carbonyl (C=O) groups is 2. The largest absolute Gasteiger partial charge is 0.465 e. The third-order valence-electron chi connectivity index (χ3n) is 3.46. The molecule has 0 saturated heterocycles. The van der Waals surface area contributed by atoms with Crippen molar-refractivity contribution in [1.29, 1.82) is 0 Å². The Morgan fingerprint density at radius 2 is 1.71 bits per heavy atom. The Morgan fingerprint density at radius 1 is 1.08 bits per heavy atom. The van der Waals surface area contributed by atoms with Gasteiger partial charge >= 0.3 is 5.97 Å². The first-order valence-corrected chi connectivity index (χ1v) is 8.15. The average Bonchev–Trinajstić information content (AvgIpc) is 2.61. The van der Waals surface area contributed by atoms with Crippen LogP contribution in [0.5, 0.6) is 0 Å². The molecule has 0 radical (unpaired) electrons. The second-order valence-corrected chi connectivity index (χ2v) is 6.18. The summed E-state index contributed by atoms with van der Waals surface area (Å²) in [5.74, 6) is -0.467. The van der Waals surface area contributed by atoms with Crippen LogP contribution in [0, 0.1) is 0 Å². The number of amides is 1. The number of halogens is 1. The Hall–Kier alpha value is -2.40. The molecule has 124 valence electrons. The third kappa shape index (κ3) is 5.06. The predicted octanol–water partition coefficient (Wildman–Crippen LogP) is 3.91. The van der Waals surface area contributed by atoms with Crippen molar-refractivity contribution in [3.05, 3.63) is 75.8 Å². The smallest absolute Gasteiger partial charge is 0.337 e. The number of benzene rings is 2. The van der Waals surface area contributed by atoms with Gasteiger partial charge in [-0.3, -0.25) is 4.79 Å². The first-order valence-electron chi connectivity index (χ1n) is 7.35. The van der Waals surface area contributed by atoms with Crippen LogP contribution in [0.25, 0.3) is 6.08 Å². The molecule has 0 spiro atoms. The van der Waals surface area contributed by atoms with Crippen molar-refractivity contribution in [1.82, 2.24) is 4.90 Å². The van der Waals surface area contributed by atoms with Gasteiger partial charge in [0.1, 0.15) is 0 Å². The van der Waals surface area contributed by atoms with E-state index in [0.29, 0.717) is 12.1 Å². The molecule has 0 N–H and O–H groups in total. The summed E-state index contributed by atoms with van der Waals surface area (Å²) in [5, 5.41) is 0. The molecule has 0 atom stereocenters. The second kappa shape index (κ2) is 8.45. The molecule has 2 rings (SSSR count). The van der Waals surface area contributed by atoms with E-state index in [2.05, 4.69) is 20.7 Å². The van der Waals surface area contributed by atoms with Crippen LogP contribution in [0.3, 0.4) is 0 Å². The molecule has 0 fully saturated rings. The molecule has 0 aliphatic heterocycles. The van der Waals surface area contributed by atoms with E-state index in [-0.39, 0.29) is 11.9 Å². The van der Waals surface area contributed by atoms with Crippen molar-refractivity contribution in [2.75, 3.05) is 14.2 Å². The molecule has 2 aromatic rings. The van der Waals surface area contributed by atoms with Crippen LogP contribution in [0.1, 0.15) is 21.5 Å². The van der Waals surface area contributed by atoms with E-state index in [9.17, 15) is 9.59 Å². The number of rotatable bonds is 5. The summed E-state index contributed by atoms with van der Waals surface area (Å²) in [6.45, 7) is 0.539. The van der Waals surface area contributed by atoms with Gasteiger partial charge < -0.3 is 9.64 Å². The van der Waals surface area contributed by atoms with E-state index in [1.807, 2.05) is 24.3 Å². The van der Waals surface area contributed by atoms with Gasteiger partial charge in [-0.15, -0.1) is 0 Å². The zero-order valence-corrected chi connectivity index (χ0v) is 15.1. The first kappa shape index (κ1) is 17.9. The van der Waals surface area contributed by atoms with Crippen LogP contribution in [-0.2, 0) is 16.1 Å². The Morgan fingerprint density at radius 3 is 2.29 bits per heavy atom.